The van der Waals surface area contributed by atoms with Crippen LogP contribution in [0.25, 0.3) is 5.69 Å². The lowest BCUT2D eigenvalue weighted by Gasteiger charge is -2.14. The molecule has 0 spiro atoms. The third-order valence-corrected chi connectivity index (χ3v) is 6.12. The highest BCUT2D eigenvalue weighted by Crippen LogP contribution is 2.27. The van der Waals surface area contributed by atoms with Crippen LogP contribution in [-0.2, 0) is 4.74 Å². The van der Waals surface area contributed by atoms with Gasteiger partial charge in [-0.15, -0.1) is 11.8 Å². The number of alkyl halides is 2. The fraction of sp³-hybridized carbons (Fsp3) is 0.250. The van der Waals surface area contributed by atoms with Gasteiger partial charge in [0.05, 0.1) is 10.6 Å². The molecule has 1 atom stereocenters. The molecule has 5 nitrogen and oxygen atoms in total. The van der Waals surface area contributed by atoms with Gasteiger partial charge in [-0.3, -0.25) is 4.79 Å². The molecule has 0 saturated heterocycles. The Morgan fingerprint density at radius 3 is 2.30 bits per heavy atom. The van der Waals surface area contributed by atoms with Crippen LogP contribution in [0.3, 0.4) is 0 Å². The summed E-state index contributed by atoms with van der Waals surface area (Å²) in [5.41, 5.74) is 2.65. The summed E-state index contributed by atoms with van der Waals surface area (Å²) in [6, 6.07) is 12.8. The monoisotopic (exact) mass is 493 g/mol. The van der Waals surface area contributed by atoms with Gasteiger partial charge < -0.3 is 14.0 Å². The SMILES string of the molecule is CSc1ccc(Cl)c(C(=O)OC(C)C(=O)c2cc(C)n(-c3ccc(OC(F)F)cc3)c2C)c1. The number of ether oxygens (including phenoxy) is 2. The van der Waals surface area contributed by atoms with E-state index in [1.54, 1.807) is 43.3 Å². The Morgan fingerprint density at radius 2 is 1.70 bits per heavy atom. The highest BCUT2D eigenvalue weighted by molar-refractivity contribution is 7.98. The van der Waals surface area contributed by atoms with Crippen LogP contribution in [0.2, 0.25) is 5.02 Å². The predicted molar refractivity (Wildman–Crippen MR) is 124 cm³/mol. The third kappa shape index (κ3) is 5.57. The first-order valence-corrected chi connectivity index (χ1v) is 11.6. The number of aromatic nitrogens is 1. The van der Waals surface area contributed by atoms with E-state index in [4.69, 9.17) is 16.3 Å². The van der Waals surface area contributed by atoms with Crippen LogP contribution in [0.15, 0.2) is 53.4 Å². The molecule has 3 rings (SSSR count). The Bertz CT molecular complexity index is 1180. The maximum Gasteiger partial charge on any atom is 0.387 e. The van der Waals surface area contributed by atoms with E-state index < -0.39 is 18.7 Å². The predicted octanol–water partition coefficient (Wildman–Crippen LogP) is 6.50. The Hall–Kier alpha value is -2.84. The van der Waals surface area contributed by atoms with Crippen LogP contribution in [-0.4, -0.2) is 35.3 Å². The van der Waals surface area contributed by atoms with Crippen molar-refractivity contribution in [2.24, 2.45) is 0 Å². The second-order valence-electron chi connectivity index (χ2n) is 7.25. The van der Waals surface area contributed by atoms with Crippen LogP contribution in [0, 0.1) is 13.8 Å². The molecule has 0 saturated carbocycles. The summed E-state index contributed by atoms with van der Waals surface area (Å²) >= 11 is 7.59. The fourth-order valence-electron chi connectivity index (χ4n) is 3.47. The minimum Gasteiger partial charge on any atom is -0.451 e. The Labute approximate surface area is 199 Å². The molecule has 33 heavy (non-hydrogen) atoms. The van der Waals surface area contributed by atoms with Crippen LogP contribution in [0.1, 0.15) is 39.0 Å². The Morgan fingerprint density at radius 1 is 1.03 bits per heavy atom. The molecule has 0 aliphatic carbocycles. The number of rotatable bonds is 8. The lowest BCUT2D eigenvalue weighted by molar-refractivity contribution is -0.0498. The average molecular weight is 494 g/mol. The van der Waals surface area contributed by atoms with E-state index in [1.807, 2.05) is 17.7 Å². The van der Waals surface area contributed by atoms with Gasteiger partial charge in [0, 0.05) is 27.5 Å². The standard InChI is InChI=1S/C24H22ClF2NO4S/c1-13-11-19(14(2)28(13)16-5-7-17(8-6-16)32-24(26)27)22(29)15(3)31-23(30)20-12-18(33-4)9-10-21(20)25/h5-12,15,24H,1-4H3. The molecule has 3 aromatic rings. The van der Waals surface area contributed by atoms with Crippen LogP contribution >= 0.6 is 23.4 Å². The number of Topliss-reactive ketones (excluding diaryl/α,β-unsaturated/α-hetero) is 1. The molecule has 0 N–H and O–H groups in total. The second-order valence-corrected chi connectivity index (χ2v) is 8.54. The largest absolute Gasteiger partial charge is 0.451 e. The lowest BCUT2D eigenvalue weighted by atomic mass is 10.1. The van der Waals surface area contributed by atoms with E-state index in [1.165, 1.54) is 30.8 Å². The van der Waals surface area contributed by atoms with Crippen LogP contribution < -0.4 is 4.74 Å². The first-order valence-electron chi connectivity index (χ1n) is 9.95. The number of carbonyl (C=O) groups is 2. The molecule has 1 unspecified atom stereocenters. The highest BCUT2D eigenvalue weighted by Gasteiger charge is 2.25. The normalized spacial score (nSPS) is 12.0. The maximum atomic E-state index is 13.1. The van der Waals surface area contributed by atoms with Gasteiger partial charge in [0.2, 0.25) is 5.78 Å². The van der Waals surface area contributed by atoms with Gasteiger partial charge in [0.15, 0.2) is 6.10 Å². The topological polar surface area (TPSA) is 57.5 Å². The first kappa shape index (κ1) is 24.8. The number of hydrogen-bond donors (Lipinski definition) is 0. The smallest absolute Gasteiger partial charge is 0.387 e. The number of carbonyl (C=O) groups excluding carboxylic acids is 2. The summed E-state index contributed by atoms with van der Waals surface area (Å²) < 4.78 is 36.4. The van der Waals surface area contributed by atoms with Crippen molar-refractivity contribution in [2.45, 2.75) is 38.4 Å². The number of thioether (sulfide) groups is 1. The van der Waals surface area contributed by atoms with Gasteiger partial charge in [-0.05, 0) is 75.6 Å². The lowest BCUT2D eigenvalue weighted by Crippen LogP contribution is -2.25. The molecule has 0 amide bonds. The number of halogens is 3. The molecule has 0 radical (unpaired) electrons. The molecule has 0 aliphatic heterocycles. The zero-order chi connectivity index (χ0) is 24.3. The number of aryl methyl sites for hydroxylation is 1. The summed E-state index contributed by atoms with van der Waals surface area (Å²) in [5.74, 6) is -1.00. The number of esters is 1. The molecule has 0 fully saturated rings. The summed E-state index contributed by atoms with van der Waals surface area (Å²) in [7, 11) is 0. The highest BCUT2D eigenvalue weighted by atomic mass is 35.5. The molecule has 1 aromatic heterocycles. The molecule has 0 aliphatic rings. The van der Waals surface area contributed by atoms with E-state index in [2.05, 4.69) is 4.74 Å². The minimum atomic E-state index is -2.91. The molecular weight excluding hydrogens is 472 g/mol. The first-order chi connectivity index (χ1) is 15.6. The van der Waals surface area contributed by atoms with Gasteiger partial charge in [-0.1, -0.05) is 11.6 Å². The van der Waals surface area contributed by atoms with E-state index in [0.717, 1.165) is 10.6 Å². The van der Waals surface area contributed by atoms with E-state index in [9.17, 15) is 18.4 Å². The van der Waals surface area contributed by atoms with Crippen molar-refractivity contribution in [3.8, 4) is 11.4 Å². The van der Waals surface area contributed by atoms with E-state index >= 15 is 0 Å². The van der Waals surface area contributed by atoms with Crippen molar-refractivity contribution >= 4 is 35.1 Å². The van der Waals surface area contributed by atoms with Crippen molar-refractivity contribution in [1.82, 2.24) is 4.57 Å². The van der Waals surface area contributed by atoms with Crippen molar-refractivity contribution < 1.29 is 27.8 Å². The van der Waals surface area contributed by atoms with Crippen LogP contribution in [0.5, 0.6) is 5.75 Å². The third-order valence-electron chi connectivity index (χ3n) is 5.06. The van der Waals surface area contributed by atoms with Crippen molar-refractivity contribution in [2.75, 3.05) is 6.26 Å². The van der Waals surface area contributed by atoms with Crippen molar-refractivity contribution in [1.29, 1.82) is 0 Å². The summed E-state index contributed by atoms with van der Waals surface area (Å²) in [5, 5.41) is 0.245. The van der Waals surface area contributed by atoms with Crippen molar-refractivity contribution in [3.63, 3.8) is 0 Å². The van der Waals surface area contributed by atoms with Gasteiger partial charge >= 0.3 is 12.6 Å². The number of nitrogens with zero attached hydrogens (tertiary/aromatic N) is 1. The molecule has 9 heteroatoms. The number of benzene rings is 2. The van der Waals surface area contributed by atoms with Crippen molar-refractivity contribution in [3.05, 3.63) is 76.1 Å². The zero-order valence-corrected chi connectivity index (χ0v) is 20.0. The summed E-state index contributed by atoms with van der Waals surface area (Å²) in [4.78, 5) is 26.6. The van der Waals surface area contributed by atoms with Crippen LogP contribution in [0.4, 0.5) is 8.78 Å². The summed E-state index contributed by atoms with van der Waals surface area (Å²) in [6.07, 6.45) is 0.835. The number of hydrogen-bond acceptors (Lipinski definition) is 5. The molecule has 2 aromatic carbocycles. The molecule has 0 bridgehead atoms. The average Bonchev–Trinajstić information content (AvgIpc) is 3.07. The van der Waals surface area contributed by atoms with E-state index in [0.29, 0.717) is 16.9 Å². The quantitative estimate of drug-likeness (QED) is 0.204. The van der Waals surface area contributed by atoms with E-state index in [-0.39, 0.29) is 22.1 Å². The fourth-order valence-corrected chi connectivity index (χ4v) is 4.11. The molecule has 1 heterocycles. The number of ketones is 1. The molecular formula is C24H22ClF2NO4S. The van der Waals surface area contributed by atoms with Gasteiger partial charge in [0.1, 0.15) is 5.75 Å². The Kier molecular flexibility index (Phi) is 7.81. The van der Waals surface area contributed by atoms with Gasteiger partial charge in [0.25, 0.3) is 0 Å². The summed E-state index contributed by atoms with van der Waals surface area (Å²) in [6.45, 7) is 2.18. The zero-order valence-electron chi connectivity index (χ0n) is 18.4. The maximum absolute atomic E-state index is 13.1. The van der Waals surface area contributed by atoms with Gasteiger partial charge in [-0.25, -0.2) is 4.79 Å². The second kappa shape index (κ2) is 10.4. The molecule has 174 valence electrons. The minimum absolute atomic E-state index is 0.0391. The van der Waals surface area contributed by atoms with Gasteiger partial charge in [-0.2, -0.15) is 8.78 Å². The Balaban J connectivity index is 1.81.